The van der Waals surface area contributed by atoms with E-state index in [-0.39, 0.29) is 5.41 Å². The minimum atomic E-state index is -0.235. The van der Waals surface area contributed by atoms with Gasteiger partial charge in [-0.25, -0.2) is 0 Å². The van der Waals surface area contributed by atoms with Crippen LogP contribution in [0.4, 0.5) is 11.9 Å². The fraction of sp³-hybridized carbons (Fsp3) is 0.765. The number of rotatable bonds is 3. The Kier molecular flexibility index (Phi) is 5.03. The topological polar surface area (TPSA) is 78.2 Å². The zero-order valence-corrected chi connectivity index (χ0v) is 14.7. The molecule has 0 unspecified atom stereocenters. The van der Waals surface area contributed by atoms with Crippen LogP contribution in [-0.2, 0) is 0 Å². The number of ether oxygens (including phenoxy) is 1. The Balaban J connectivity index is 1.80. The summed E-state index contributed by atoms with van der Waals surface area (Å²) in [6, 6.07) is 2.80. The van der Waals surface area contributed by atoms with Crippen molar-refractivity contribution in [1.82, 2.24) is 15.0 Å². The van der Waals surface area contributed by atoms with E-state index in [4.69, 9.17) is 9.72 Å². The third-order valence-electron chi connectivity index (χ3n) is 5.08. The number of anilines is 2. The van der Waals surface area contributed by atoms with E-state index in [2.05, 4.69) is 25.8 Å². The van der Waals surface area contributed by atoms with Crippen LogP contribution in [0.1, 0.15) is 45.4 Å². The molecule has 0 saturated carbocycles. The molecule has 0 radical (unpaired) electrons. The van der Waals surface area contributed by atoms with Crippen LogP contribution in [0.25, 0.3) is 0 Å². The number of aromatic nitrogens is 3. The first kappa shape index (κ1) is 16.7. The molecule has 0 atom stereocenters. The molecule has 2 aliphatic rings. The zero-order chi connectivity index (χ0) is 17.0. The number of nitriles is 1. The average molecular weight is 330 g/mol. The van der Waals surface area contributed by atoms with Gasteiger partial charge in [0.2, 0.25) is 11.9 Å². The Bertz CT molecular complexity index is 598. The maximum absolute atomic E-state index is 9.29. The fourth-order valence-corrected chi connectivity index (χ4v) is 3.29. The van der Waals surface area contributed by atoms with Crippen LogP contribution in [0.5, 0.6) is 6.01 Å². The van der Waals surface area contributed by atoms with Gasteiger partial charge in [-0.2, -0.15) is 20.2 Å². The highest BCUT2D eigenvalue weighted by Gasteiger charge is 2.31. The zero-order valence-electron chi connectivity index (χ0n) is 14.7. The number of piperidine rings is 1. The standard InChI is InChI=1S/C17H26N6O/c1-17(13-18)7-11-23(12-8-17)15-19-14(20-16(21-15)24-2)22-9-5-3-4-6-10-22/h3-12H2,1-2H3. The van der Waals surface area contributed by atoms with Gasteiger partial charge in [-0.1, -0.05) is 12.8 Å². The molecule has 3 rings (SSSR count). The molecule has 0 bridgehead atoms. The van der Waals surface area contributed by atoms with E-state index in [1.807, 2.05) is 6.92 Å². The van der Waals surface area contributed by atoms with Gasteiger partial charge in [-0.3, -0.25) is 0 Å². The molecule has 2 fully saturated rings. The molecular formula is C17H26N6O. The molecule has 7 heteroatoms. The van der Waals surface area contributed by atoms with Crippen LogP contribution in [0.2, 0.25) is 0 Å². The van der Waals surface area contributed by atoms with E-state index in [0.29, 0.717) is 17.9 Å². The summed E-state index contributed by atoms with van der Waals surface area (Å²) in [5.41, 5.74) is -0.235. The van der Waals surface area contributed by atoms with Gasteiger partial charge in [-0.05, 0) is 32.6 Å². The van der Waals surface area contributed by atoms with Crippen LogP contribution in [0, 0.1) is 16.7 Å². The molecule has 130 valence electrons. The summed E-state index contributed by atoms with van der Waals surface area (Å²) in [7, 11) is 1.59. The Morgan fingerprint density at radius 2 is 1.46 bits per heavy atom. The average Bonchev–Trinajstić information content (AvgIpc) is 2.91. The Labute approximate surface area is 143 Å². The maximum Gasteiger partial charge on any atom is 0.322 e. The quantitative estimate of drug-likeness (QED) is 0.842. The molecule has 2 aliphatic heterocycles. The first-order valence-corrected chi connectivity index (χ1v) is 8.85. The monoisotopic (exact) mass is 330 g/mol. The number of nitrogens with zero attached hydrogens (tertiary/aromatic N) is 6. The number of methoxy groups -OCH3 is 1. The molecule has 0 aromatic carbocycles. The van der Waals surface area contributed by atoms with Crippen LogP contribution in [-0.4, -0.2) is 48.2 Å². The largest absolute Gasteiger partial charge is 0.467 e. The SMILES string of the molecule is COc1nc(N2CCCCCC2)nc(N2CCC(C)(C#N)CC2)n1. The van der Waals surface area contributed by atoms with Crippen molar-refractivity contribution in [2.24, 2.45) is 5.41 Å². The Morgan fingerprint density at radius 1 is 0.917 bits per heavy atom. The predicted octanol–water partition coefficient (Wildman–Crippen LogP) is 2.39. The predicted molar refractivity (Wildman–Crippen MR) is 92.2 cm³/mol. The fourth-order valence-electron chi connectivity index (χ4n) is 3.29. The van der Waals surface area contributed by atoms with E-state index in [1.165, 1.54) is 25.7 Å². The van der Waals surface area contributed by atoms with Crippen molar-refractivity contribution >= 4 is 11.9 Å². The summed E-state index contributed by atoms with van der Waals surface area (Å²) in [6.45, 7) is 5.58. The molecule has 24 heavy (non-hydrogen) atoms. The van der Waals surface area contributed by atoms with Gasteiger partial charge in [0.05, 0.1) is 18.6 Å². The Hall–Kier alpha value is -2.10. The van der Waals surface area contributed by atoms with E-state index >= 15 is 0 Å². The van der Waals surface area contributed by atoms with Crippen molar-refractivity contribution in [2.75, 3.05) is 43.1 Å². The lowest BCUT2D eigenvalue weighted by Gasteiger charge is -2.35. The smallest absolute Gasteiger partial charge is 0.322 e. The second kappa shape index (κ2) is 7.20. The molecule has 1 aromatic rings. The van der Waals surface area contributed by atoms with Gasteiger partial charge in [0.1, 0.15) is 0 Å². The second-order valence-electron chi connectivity index (χ2n) is 6.98. The summed E-state index contributed by atoms with van der Waals surface area (Å²) in [5, 5.41) is 9.29. The van der Waals surface area contributed by atoms with E-state index in [9.17, 15) is 5.26 Å². The molecule has 1 aromatic heterocycles. The minimum Gasteiger partial charge on any atom is -0.467 e. The van der Waals surface area contributed by atoms with Crippen molar-refractivity contribution in [1.29, 1.82) is 5.26 Å². The highest BCUT2D eigenvalue weighted by Crippen LogP contribution is 2.32. The number of hydrogen-bond acceptors (Lipinski definition) is 7. The summed E-state index contributed by atoms with van der Waals surface area (Å²) in [4.78, 5) is 18.0. The Morgan fingerprint density at radius 3 is 1.96 bits per heavy atom. The van der Waals surface area contributed by atoms with Crippen LogP contribution < -0.4 is 14.5 Å². The van der Waals surface area contributed by atoms with Gasteiger partial charge >= 0.3 is 6.01 Å². The second-order valence-corrected chi connectivity index (χ2v) is 6.98. The molecule has 0 spiro atoms. The van der Waals surface area contributed by atoms with E-state index < -0.39 is 0 Å². The molecule has 0 amide bonds. The van der Waals surface area contributed by atoms with Crippen LogP contribution >= 0.6 is 0 Å². The van der Waals surface area contributed by atoms with Crippen molar-refractivity contribution in [3.63, 3.8) is 0 Å². The number of hydrogen-bond donors (Lipinski definition) is 0. The van der Waals surface area contributed by atoms with E-state index in [0.717, 1.165) is 39.0 Å². The van der Waals surface area contributed by atoms with Gasteiger partial charge in [0.15, 0.2) is 0 Å². The van der Waals surface area contributed by atoms with Crippen molar-refractivity contribution in [3.05, 3.63) is 0 Å². The summed E-state index contributed by atoms with van der Waals surface area (Å²) in [6.07, 6.45) is 6.54. The van der Waals surface area contributed by atoms with Gasteiger partial charge < -0.3 is 14.5 Å². The van der Waals surface area contributed by atoms with Crippen LogP contribution in [0.15, 0.2) is 0 Å². The first-order valence-electron chi connectivity index (χ1n) is 8.85. The van der Waals surface area contributed by atoms with Gasteiger partial charge in [0, 0.05) is 26.2 Å². The van der Waals surface area contributed by atoms with Crippen molar-refractivity contribution in [3.8, 4) is 12.1 Å². The van der Waals surface area contributed by atoms with Crippen LogP contribution in [0.3, 0.4) is 0 Å². The highest BCUT2D eigenvalue weighted by atomic mass is 16.5. The molecule has 0 N–H and O–H groups in total. The molecule has 3 heterocycles. The lowest BCUT2D eigenvalue weighted by atomic mass is 9.82. The molecule has 7 nitrogen and oxygen atoms in total. The highest BCUT2D eigenvalue weighted by molar-refractivity contribution is 5.41. The normalized spacial score (nSPS) is 21.0. The maximum atomic E-state index is 9.29. The summed E-state index contributed by atoms with van der Waals surface area (Å²) < 4.78 is 5.30. The van der Waals surface area contributed by atoms with Gasteiger partial charge in [-0.15, -0.1) is 0 Å². The van der Waals surface area contributed by atoms with Gasteiger partial charge in [0.25, 0.3) is 0 Å². The third-order valence-corrected chi connectivity index (χ3v) is 5.08. The third kappa shape index (κ3) is 3.69. The molecular weight excluding hydrogens is 304 g/mol. The minimum absolute atomic E-state index is 0.235. The molecule has 2 saturated heterocycles. The lowest BCUT2D eigenvalue weighted by Crippen LogP contribution is -2.39. The first-order chi connectivity index (χ1) is 11.6. The van der Waals surface area contributed by atoms with Crippen molar-refractivity contribution < 1.29 is 4.74 Å². The summed E-state index contributed by atoms with van der Waals surface area (Å²) in [5.74, 6) is 1.38. The van der Waals surface area contributed by atoms with E-state index in [1.54, 1.807) is 7.11 Å². The molecule has 0 aliphatic carbocycles. The summed E-state index contributed by atoms with van der Waals surface area (Å²) >= 11 is 0. The lowest BCUT2D eigenvalue weighted by molar-refractivity contribution is 0.332. The van der Waals surface area contributed by atoms with Crippen molar-refractivity contribution in [2.45, 2.75) is 45.4 Å².